The number of fused-ring (bicyclic) bond motifs is 1. The largest absolute Gasteiger partial charge is 0.505 e. The molecule has 0 atom stereocenters. The molecule has 0 saturated heterocycles. The first kappa shape index (κ1) is 19.5. The van der Waals surface area contributed by atoms with E-state index in [0.717, 1.165) is 0 Å². The molecular formula is C18H13Cl2F3N2O2. The van der Waals surface area contributed by atoms with E-state index < -0.39 is 12.3 Å². The van der Waals surface area contributed by atoms with Crippen LogP contribution in [0.1, 0.15) is 23.2 Å². The van der Waals surface area contributed by atoms with Gasteiger partial charge >= 0.3 is 12.3 Å². The van der Waals surface area contributed by atoms with E-state index in [0.29, 0.717) is 26.6 Å². The van der Waals surface area contributed by atoms with Crippen molar-refractivity contribution in [3.8, 4) is 0 Å². The van der Waals surface area contributed by atoms with Crippen molar-refractivity contribution >= 4 is 40.1 Å². The molecule has 1 heterocycles. The molecule has 0 aliphatic rings. The fraction of sp³-hybridized carbons (Fsp3) is 0.222. The first-order valence-electron chi connectivity index (χ1n) is 7.89. The van der Waals surface area contributed by atoms with Gasteiger partial charge in [-0.25, -0.2) is 0 Å². The van der Waals surface area contributed by atoms with Crippen molar-refractivity contribution < 1.29 is 23.1 Å². The second kappa shape index (κ2) is 7.40. The van der Waals surface area contributed by atoms with Crippen LogP contribution in [0.3, 0.4) is 0 Å². The van der Waals surface area contributed by atoms with Crippen LogP contribution in [0.5, 0.6) is 0 Å². The number of alkyl halides is 3. The van der Waals surface area contributed by atoms with Gasteiger partial charge in [0, 0.05) is 21.9 Å². The highest BCUT2D eigenvalue weighted by atomic mass is 35.5. The van der Waals surface area contributed by atoms with E-state index >= 15 is 0 Å². The number of nitrogens with zero attached hydrogens (tertiary/aromatic N) is 2. The van der Waals surface area contributed by atoms with E-state index in [-0.39, 0.29) is 35.2 Å². The lowest BCUT2D eigenvalue weighted by Crippen LogP contribution is -2.18. The molecule has 0 radical (unpaired) electrons. The van der Waals surface area contributed by atoms with Crippen LogP contribution in [0.2, 0.25) is 10.0 Å². The van der Waals surface area contributed by atoms with Crippen molar-refractivity contribution in [1.82, 2.24) is 9.78 Å². The van der Waals surface area contributed by atoms with Gasteiger partial charge in [0.2, 0.25) is 0 Å². The van der Waals surface area contributed by atoms with Crippen LogP contribution in [0.25, 0.3) is 10.9 Å². The maximum Gasteiger partial charge on any atom is 0.505 e. The summed E-state index contributed by atoms with van der Waals surface area (Å²) in [6.07, 6.45) is -4.88. The number of halogens is 5. The summed E-state index contributed by atoms with van der Waals surface area (Å²) >= 11 is 12.1. The van der Waals surface area contributed by atoms with Crippen LogP contribution in [0, 0.1) is 0 Å². The zero-order valence-electron chi connectivity index (χ0n) is 13.7. The molecule has 0 bridgehead atoms. The average molecular weight is 417 g/mol. The standard InChI is InChI=1S/C18H13Cl2F3N2O2/c19-12-5-4-10(13(20)9-12)8-11-2-1-3-15-17(11)14(6-7-16(26)27)24-25(15)18(21,22)23/h1-5,9H,6-8H2,(H,26,27). The van der Waals surface area contributed by atoms with Crippen molar-refractivity contribution in [3.63, 3.8) is 0 Å². The Labute approximate surface area is 162 Å². The van der Waals surface area contributed by atoms with Gasteiger partial charge in [-0.2, -0.15) is 9.78 Å². The van der Waals surface area contributed by atoms with Gasteiger partial charge in [0.1, 0.15) is 0 Å². The second-order valence-corrected chi connectivity index (χ2v) is 6.79. The molecule has 9 heteroatoms. The van der Waals surface area contributed by atoms with Crippen LogP contribution >= 0.6 is 23.2 Å². The third kappa shape index (κ3) is 4.20. The summed E-state index contributed by atoms with van der Waals surface area (Å²) in [4.78, 5) is 10.9. The maximum atomic E-state index is 13.3. The van der Waals surface area contributed by atoms with Crippen molar-refractivity contribution in [2.24, 2.45) is 0 Å². The third-order valence-electron chi connectivity index (χ3n) is 4.08. The molecule has 27 heavy (non-hydrogen) atoms. The fourth-order valence-electron chi connectivity index (χ4n) is 2.93. The molecule has 0 unspecified atom stereocenters. The average Bonchev–Trinajstić information content (AvgIpc) is 2.95. The van der Waals surface area contributed by atoms with Crippen molar-refractivity contribution in [1.29, 1.82) is 0 Å². The number of rotatable bonds is 5. The smallest absolute Gasteiger partial charge is 0.481 e. The molecule has 2 aromatic carbocycles. The summed E-state index contributed by atoms with van der Waals surface area (Å²) in [5.74, 6) is -1.11. The van der Waals surface area contributed by atoms with Crippen molar-refractivity contribution in [3.05, 3.63) is 63.3 Å². The summed E-state index contributed by atoms with van der Waals surface area (Å²) < 4.78 is 40.0. The highest BCUT2D eigenvalue weighted by molar-refractivity contribution is 6.35. The van der Waals surface area contributed by atoms with Gasteiger partial charge in [-0.05, 0) is 35.7 Å². The maximum absolute atomic E-state index is 13.3. The van der Waals surface area contributed by atoms with E-state index in [4.69, 9.17) is 28.3 Å². The minimum atomic E-state index is -4.71. The highest BCUT2D eigenvalue weighted by Gasteiger charge is 2.35. The molecule has 4 nitrogen and oxygen atoms in total. The summed E-state index contributed by atoms with van der Waals surface area (Å²) in [5, 5.41) is 13.7. The molecule has 0 aliphatic carbocycles. The Morgan fingerprint density at radius 2 is 1.89 bits per heavy atom. The fourth-order valence-corrected chi connectivity index (χ4v) is 3.41. The molecule has 0 saturated carbocycles. The summed E-state index contributed by atoms with van der Waals surface area (Å²) in [6, 6.07) is 9.41. The van der Waals surface area contributed by atoms with Crippen molar-refractivity contribution in [2.75, 3.05) is 0 Å². The van der Waals surface area contributed by atoms with Crippen molar-refractivity contribution in [2.45, 2.75) is 25.6 Å². The number of carbonyl (C=O) groups is 1. The van der Waals surface area contributed by atoms with Crippen LogP contribution in [-0.4, -0.2) is 20.9 Å². The highest BCUT2D eigenvalue weighted by Crippen LogP contribution is 2.33. The number of benzene rings is 2. The number of aliphatic carboxylic acids is 1. The van der Waals surface area contributed by atoms with Gasteiger partial charge in [-0.1, -0.05) is 41.4 Å². The van der Waals surface area contributed by atoms with E-state index in [9.17, 15) is 18.0 Å². The molecular weight excluding hydrogens is 404 g/mol. The molecule has 0 spiro atoms. The zero-order chi connectivity index (χ0) is 19.8. The van der Waals surface area contributed by atoms with Crippen LogP contribution in [0.15, 0.2) is 36.4 Å². The summed E-state index contributed by atoms with van der Waals surface area (Å²) in [6.45, 7) is 0. The molecule has 0 amide bonds. The van der Waals surface area contributed by atoms with Gasteiger partial charge in [-0.15, -0.1) is 13.2 Å². The number of hydrogen-bond acceptors (Lipinski definition) is 2. The number of carboxylic acid groups (broad SMARTS) is 1. The second-order valence-electron chi connectivity index (χ2n) is 5.94. The molecule has 3 rings (SSSR count). The SMILES string of the molecule is O=C(O)CCc1nn(C(F)(F)F)c2cccc(Cc3ccc(Cl)cc3Cl)c12. The Bertz CT molecular complexity index is 1020. The normalized spacial score (nSPS) is 11.9. The van der Waals surface area contributed by atoms with Gasteiger partial charge in [0.25, 0.3) is 0 Å². The molecule has 1 aromatic heterocycles. The Balaban J connectivity index is 2.14. The van der Waals surface area contributed by atoms with Crippen LogP contribution < -0.4 is 0 Å². The predicted octanol–water partition coefficient (Wildman–Crippen LogP) is 5.43. The molecule has 1 N–H and O–H groups in total. The van der Waals surface area contributed by atoms with Gasteiger partial charge in [0.15, 0.2) is 0 Å². The minimum absolute atomic E-state index is 0.0213. The Morgan fingerprint density at radius 1 is 1.15 bits per heavy atom. The minimum Gasteiger partial charge on any atom is -0.481 e. The van der Waals surface area contributed by atoms with E-state index in [1.165, 1.54) is 12.1 Å². The molecule has 3 aromatic rings. The predicted molar refractivity (Wildman–Crippen MR) is 96.3 cm³/mol. The molecule has 142 valence electrons. The lowest BCUT2D eigenvalue weighted by Gasteiger charge is -2.09. The molecule has 0 fully saturated rings. The van der Waals surface area contributed by atoms with Gasteiger partial charge in [-0.3, -0.25) is 4.79 Å². The number of hydrogen-bond donors (Lipinski definition) is 1. The van der Waals surface area contributed by atoms with Gasteiger partial charge < -0.3 is 5.11 Å². The Kier molecular flexibility index (Phi) is 5.35. The lowest BCUT2D eigenvalue weighted by atomic mass is 9.99. The third-order valence-corrected chi connectivity index (χ3v) is 4.67. The van der Waals surface area contributed by atoms with Crippen LogP contribution in [-0.2, 0) is 23.9 Å². The summed E-state index contributed by atoms with van der Waals surface area (Å²) in [5.41, 5.74) is 1.24. The Hall–Kier alpha value is -2.25. The van der Waals surface area contributed by atoms with Crippen LogP contribution in [0.4, 0.5) is 13.2 Å². The van der Waals surface area contributed by atoms with E-state index in [2.05, 4.69) is 5.10 Å². The number of aryl methyl sites for hydroxylation is 1. The monoisotopic (exact) mass is 416 g/mol. The van der Waals surface area contributed by atoms with Gasteiger partial charge in [0.05, 0.1) is 17.6 Å². The summed E-state index contributed by atoms with van der Waals surface area (Å²) in [7, 11) is 0. The molecule has 0 aliphatic heterocycles. The first-order chi connectivity index (χ1) is 12.7. The zero-order valence-corrected chi connectivity index (χ0v) is 15.2. The first-order valence-corrected chi connectivity index (χ1v) is 8.65. The number of aromatic nitrogens is 2. The number of carboxylic acids is 1. The topological polar surface area (TPSA) is 55.1 Å². The quantitative estimate of drug-likeness (QED) is 0.603. The lowest BCUT2D eigenvalue weighted by molar-refractivity contribution is -0.209. The van der Waals surface area contributed by atoms with E-state index in [1.54, 1.807) is 24.3 Å². The van der Waals surface area contributed by atoms with E-state index in [1.807, 2.05) is 0 Å². The Morgan fingerprint density at radius 3 is 2.52 bits per heavy atom.